The highest BCUT2D eigenvalue weighted by Gasteiger charge is 2.02. The quantitative estimate of drug-likeness (QED) is 0.855. The van der Waals surface area contributed by atoms with Crippen LogP contribution in [0.1, 0.15) is 22.3 Å². The van der Waals surface area contributed by atoms with Crippen molar-refractivity contribution in [3.8, 4) is 17.6 Å². The van der Waals surface area contributed by atoms with Crippen molar-refractivity contribution in [3.05, 3.63) is 64.7 Å². The van der Waals surface area contributed by atoms with Gasteiger partial charge in [-0.3, -0.25) is 0 Å². The molecule has 118 valence electrons. The van der Waals surface area contributed by atoms with Crippen molar-refractivity contribution in [3.63, 3.8) is 0 Å². The van der Waals surface area contributed by atoms with Crippen molar-refractivity contribution in [2.24, 2.45) is 0 Å². The number of aromatic hydroxyl groups is 1. The van der Waals surface area contributed by atoms with Crippen molar-refractivity contribution >= 4 is 6.09 Å². The van der Waals surface area contributed by atoms with Crippen LogP contribution in [-0.4, -0.2) is 17.7 Å². The molecule has 0 atom stereocenters. The predicted molar refractivity (Wildman–Crippen MR) is 89.1 cm³/mol. The minimum absolute atomic E-state index is 0.201. The molecule has 2 N–H and O–H groups in total. The fraction of sp³-hybridized carbons (Fsp3) is 0.211. The Morgan fingerprint density at radius 2 is 1.83 bits per heavy atom. The van der Waals surface area contributed by atoms with E-state index in [1.165, 1.54) is 0 Å². The van der Waals surface area contributed by atoms with Crippen LogP contribution in [0.4, 0.5) is 4.79 Å². The highest BCUT2D eigenvalue weighted by molar-refractivity contribution is 5.67. The second-order valence-corrected chi connectivity index (χ2v) is 5.18. The second kappa shape index (κ2) is 7.90. The molecule has 23 heavy (non-hydrogen) atoms. The maximum Gasteiger partial charge on any atom is 0.408 e. The van der Waals surface area contributed by atoms with Gasteiger partial charge in [-0.25, -0.2) is 4.79 Å². The maximum absolute atomic E-state index is 11.5. The average molecular weight is 309 g/mol. The maximum atomic E-state index is 11.5. The monoisotopic (exact) mass is 309 g/mol. The molecule has 0 unspecified atom stereocenters. The van der Waals surface area contributed by atoms with Crippen LogP contribution in [0.2, 0.25) is 0 Å². The number of rotatable bonds is 3. The Labute approximate surface area is 136 Å². The van der Waals surface area contributed by atoms with Crippen molar-refractivity contribution in [2.45, 2.75) is 20.5 Å². The lowest BCUT2D eigenvalue weighted by molar-refractivity contribution is 0.141. The van der Waals surface area contributed by atoms with E-state index in [-0.39, 0.29) is 18.9 Å². The Hall–Kier alpha value is -2.93. The molecular formula is C19H19NO3. The topological polar surface area (TPSA) is 58.6 Å². The summed E-state index contributed by atoms with van der Waals surface area (Å²) >= 11 is 0. The number of carbonyl (C=O) groups excluding carboxylic acids is 1. The molecule has 0 spiro atoms. The van der Waals surface area contributed by atoms with Gasteiger partial charge in [0.05, 0.1) is 6.54 Å². The van der Waals surface area contributed by atoms with E-state index in [0.29, 0.717) is 0 Å². The first-order chi connectivity index (χ1) is 11.1. The molecule has 0 aliphatic rings. The summed E-state index contributed by atoms with van der Waals surface area (Å²) < 4.78 is 5.08. The number of hydrogen-bond donors (Lipinski definition) is 2. The molecule has 0 aliphatic heterocycles. The van der Waals surface area contributed by atoms with Gasteiger partial charge in [0.1, 0.15) is 12.4 Å². The van der Waals surface area contributed by atoms with Gasteiger partial charge in [0.25, 0.3) is 0 Å². The lowest BCUT2D eigenvalue weighted by atomic mass is 10.1. The molecule has 0 aromatic heterocycles. The molecule has 0 saturated carbocycles. The van der Waals surface area contributed by atoms with Crippen LogP contribution in [0.3, 0.4) is 0 Å². The van der Waals surface area contributed by atoms with Crippen LogP contribution in [-0.2, 0) is 11.3 Å². The molecule has 1 amide bonds. The highest BCUT2D eigenvalue weighted by atomic mass is 16.5. The van der Waals surface area contributed by atoms with Crippen molar-refractivity contribution in [1.29, 1.82) is 0 Å². The van der Waals surface area contributed by atoms with Crippen molar-refractivity contribution in [2.75, 3.05) is 6.54 Å². The number of alkyl carbamates (subject to hydrolysis) is 1. The second-order valence-electron chi connectivity index (χ2n) is 5.18. The average Bonchev–Trinajstić information content (AvgIpc) is 2.55. The largest absolute Gasteiger partial charge is 0.507 e. The fourth-order valence-corrected chi connectivity index (χ4v) is 2.06. The normalized spacial score (nSPS) is 9.65. The molecule has 0 bridgehead atoms. The van der Waals surface area contributed by atoms with Crippen molar-refractivity contribution < 1.29 is 14.6 Å². The van der Waals surface area contributed by atoms with Gasteiger partial charge in [-0.05, 0) is 42.7 Å². The van der Waals surface area contributed by atoms with E-state index in [9.17, 15) is 9.90 Å². The summed E-state index contributed by atoms with van der Waals surface area (Å²) in [6, 6.07) is 13.1. The first kappa shape index (κ1) is 16.4. The molecule has 0 fully saturated rings. The number of ether oxygens (including phenoxy) is 1. The number of hydrogen-bond acceptors (Lipinski definition) is 3. The zero-order valence-electron chi connectivity index (χ0n) is 13.2. The summed E-state index contributed by atoms with van der Waals surface area (Å²) in [5.41, 5.74) is 3.30. The first-order valence-electron chi connectivity index (χ1n) is 7.30. The van der Waals surface area contributed by atoms with Crippen LogP contribution in [0.15, 0.2) is 42.5 Å². The standard InChI is InChI=1S/C19H19NO3/c1-14-11-17(12-15(2)18(14)21)9-6-10-20-19(22)23-13-16-7-4-3-5-8-16/h3-5,7-8,11-12,21H,10,13H2,1-2H3,(H,20,22). The molecule has 2 rings (SSSR count). The van der Waals surface area contributed by atoms with E-state index in [1.807, 2.05) is 56.3 Å². The molecule has 0 heterocycles. The zero-order valence-corrected chi connectivity index (χ0v) is 13.2. The Balaban J connectivity index is 1.80. The van der Waals surface area contributed by atoms with Gasteiger partial charge in [0.15, 0.2) is 0 Å². The third kappa shape index (κ3) is 5.08. The summed E-state index contributed by atoms with van der Waals surface area (Å²) in [4.78, 5) is 11.5. The molecule has 2 aromatic carbocycles. The molecule has 2 aromatic rings. The number of nitrogens with one attached hydrogen (secondary N) is 1. The van der Waals surface area contributed by atoms with Crippen LogP contribution in [0.25, 0.3) is 0 Å². The van der Waals surface area contributed by atoms with Crippen LogP contribution in [0.5, 0.6) is 5.75 Å². The smallest absolute Gasteiger partial charge is 0.408 e. The van der Waals surface area contributed by atoms with Gasteiger partial charge >= 0.3 is 6.09 Å². The summed E-state index contributed by atoms with van der Waals surface area (Å²) in [5.74, 6) is 6.10. The SMILES string of the molecule is Cc1cc(C#CCNC(=O)OCc2ccccc2)cc(C)c1O. The highest BCUT2D eigenvalue weighted by Crippen LogP contribution is 2.22. The molecular weight excluding hydrogens is 290 g/mol. The number of benzene rings is 2. The van der Waals surface area contributed by atoms with E-state index in [4.69, 9.17) is 4.74 Å². The number of phenolic OH excluding ortho intramolecular Hbond substituents is 1. The summed E-state index contributed by atoms with van der Waals surface area (Å²) in [5, 5.41) is 12.3. The number of carbonyl (C=O) groups is 1. The minimum atomic E-state index is -0.499. The first-order valence-corrected chi connectivity index (χ1v) is 7.30. The molecule has 4 heteroatoms. The molecule has 0 radical (unpaired) electrons. The van der Waals surface area contributed by atoms with E-state index in [1.54, 1.807) is 0 Å². The summed E-state index contributed by atoms with van der Waals surface area (Å²) in [6.07, 6.45) is -0.499. The Morgan fingerprint density at radius 3 is 2.48 bits per heavy atom. The van der Waals surface area contributed by atoms with Crippen molar-refractivity contribution in [1.82, 2.24) is 5.32 Å². The number of amides is 1. The van der Waals surface area contributed by atoms with E-state index in [2.05, 4.69) is 17.2 Å². The Kier molecular flexibility index (Phi) is 5.65. The Bertz CT molecular complexity index is 719. The van der Waals surface area contributed by atoms with E-state index >= 15 is 0 Å². The van der Waals surface area contributed by atoms with Gasteiger partial charge in [-0.2, -0.15) is 0 Å². The van der Waals surface area contributed by atoms with Gasteiger partial charge in [0, 0.05) is 5.56 Å². The van der Waals surface area contributed by atoms with Gasteiger partial charge < -0.3 is 15.2 Å². The summed E-state index contributed by atoms with van der Waals surface area (Å²) in [7, 11) is 0. The Morgan fingerprint density at radius 1 is 1.17 bits per heavy atom. The lowest BCUT2D eigenvalue weighted by Gasteiger charge is -2.04. The predicted octanol–water partition coefficient (Wildman–Crippen LogP) is 3.29. The third-order valence-electron chi connectivity index (χ3n) is 3.26. The van der Waals surface area contributed by atoms with E-state index in [0.717, 1.165) is 22.3 Å². The zero-order chi connectivity index (χ0) is 16.7. The van der Waals surface area contributed by atoms with Gasteiger partial charge in [0.2, 0.25) is 0 Å². The third-order valence-corrected chi connectivity index (χ3v) is 3.26. The number of aryl methyl sites for hydroxylation is 2. The fourth-order valence-electron chi connectivity index (χ4n) is 2.06. The number of phenols is 1. The van der Waals surface area contributed by atoms with Gasteiger partial charge in [-0.1, -0.05) is 42.2 Å². The lowest BCUT2D eigenvalue weighted by Crippen LogP contribution is -2.24. The van der Waals surface area contributed by atoms with Crippen LogP contribution < -0.4 is 5.32 Å². The molecule has 4 nitrogen and oxygen atoms in total. The minimum Gasteiger partial charge on any atom is -0.507 e. The van der Waals surface area contributed by atoms with Crippen LogP contribution >= 0.6 is 0 Å². The summed E-state index contributed by atoms with van der Waals surface area (Å²) in [6.45, 7) is 4.09. The van der Waals surface area contributed by atoms with E-state index < -0.39 is 6.09 Å². The van der Waals surface area contributed by atoms with Gasteiger partial charge in [-0.15, -0.1) is 0 Å². The van der Waals surface area contributed by atoms with Crippen LogP contribution in [0, 0.1) is 25.7 Å². The molecule has 0 aliphatic carbocycles. The molecule has 0 saturated heterocycles.